The first-order valence-corrected chi connectivity index (χ1v) is 7.86. The van der Waals surface area contributed by atoms with Gasteiger partial charge in [0.2, 0.25) is 0 Å². The van der Waals surface area contributed by atoms with E-state index in [9.17, 15) is 8.42 Å². The molecule has 108 valence electrons. The second kappa shape index (κ2) is 6.52. The molecule has 2 saturated heterocycles. The Bertz CT molecular complexity index is 347. The zero-order valence-corrected chi connectivity index (χ0v) is 12.8. The van der Waals surface area contributed by atoms with Gasteiger partial charge in [0.05, 0.1) is 0 Å². The van der Waals surface area contributed by atoms with E-state index in [2.05, 4.69) is 19.2 Å². The molecule has 2 fully saturated rings. The van der Waals surface area contributed by atoms with E-state index in [4.69, 9.17) is 0 Å². The van der Waals surface area contributed by atoms with Gasteiger partial charge in [0.15, 0.2) is 0 Å². The standard InChI is InChI=1S/C11H23N3O2S.ClH/c1-10-7-11(2)9-14(8-10)17(15,16)13-5-3-12-4-6-13;/h10-12H,3-9H2,1-2H3;1H. The summed E-state index contributed by atoms with van der Waals surface area (Å²) >= 11 is 0. The average Bonchev–Trinajstić information content (AvgIpc) is 2.29. The normalized spacial score (nSPS) is 31.9. The van der Waals surface area contributed by atoms with E-state index in [-0.39, 0.29) is 12.4 Å². The minimum atomic E-state index is -3.22. The van der Waals surface area contributed by atoms with Gasteiger partial charge in [0.1, 0.15) is 0 Å². The van der Waals surface area contributed by atoms with Crippen LogP contribution in [0.3, 0.4) is 0 Å². The molecule has 0 aromatic rings. The minimum Gasteiger partial charge on any atom is -0.314 e. The van der Waals surface area contributed by atoms with Crippen LogP contribution in [0.25, 0.3) is 0 Å². The molecule has 0 amide bonds. The van der Waals surface area contributed by atoms with Gasteiger partial charge < -0.3 is 5.32 Å². The zero-order chi connectivity index (χ0) is 12.5. The number of piperidine rings is 1. The zero-order valence-electron chi connectivity index (χ0n) is 11.1. The number of nitrogens with one attached hydrogen (secondary N) is 1. The Morgan fingerprint density at radius 1 is 1.00 bits per heavy atom. The van der Waals surface area contributed by atoms with Crippen molar-refractivity contribution in [3.8, 4) is 0 Å². The van der Waals surface area contributed by atoms with Crippen LogP contribution >= 0.6 is 12.4 Å². The van der Waals surface area contributed by atoms with Crippen LogP contribution in [0.4, 0.5) is 0 Å². The SMILES string of the molecule is CC1CC(C)CN(S(=O)(=O)N2CCNCC2)C1.Cl. The summed E-state index contributed by atoms with van der Waals surface area (Å²) in [5.41, 5.74) is 0. The van der Waals surface area contributed by atoms with Gasteiger partial charge in [-0.25, -0.2) is 0 Å². The van der Waals surface area contributed by atoms with Gasteiger partial charge in [-0.15, -0.1) is 12.4 Å². The topological polar surface area (TPSA) is 52.7 Å². The van der Waals surface area contributed by atoms with Crippen molar-refractivity contribution < 1.29 is 8.42 Å². The van der Waals surface area contributed by atoms with Gasteiger partial charge in [0, 0.05) is 39.3 Å². The lowest BCUT2D eigenvalue weighted by Gasteiger charge is -2.38. The highest BCUT2D eigenvalue weighted by Gasteiger charge is 2.35. The van der Waals surface area contributed by atoms with Crippen molar-refractivity contribution in [3.63, 3.8) is 0 Å². The molecule has 0 aromatic carbocycles. The molecule has 18 heavy (non-hydrogen) atoms. The Labute approximate surface area is 116 Å². The van der Waals surface area contributed by atoms with Gasteiger partial charge in [-0.3, -0.25) is 0 Å². The van der Waals surface area contributed by atoms with Gasteiger partial charge in [-0.05, 0) is 18.3 Å². The van der Waals surface area contributed by atoms with Crippen LogP contribution in [0.15, 0.2) is 0 Å². The largest absolute Gasteiger partial charge is 0.314 e. The van der Waals surface area contributed by atoms with E-state index < -0.39 is 10.2 Å². The molecule has 2 aliphatic rings. The fourth-order valence-electron chi connectivity index (χ4n) is 2.83. The summed E-state index contributed by atoms with van der Waals surface area (Å²) in [6.45, 7) is 8.35. The van der Waals surface area contributed by atoms with Crippen molar-refractivity contribution in [2.24, 2.45) is 11.8 Å². The molecule has 5 nitrogen and oxygen atoms in total. The highest BCUT2D eigenvalue weighted by molar-refractivity contribution is 7.86. The number of hydrogen-bond acceptors (Lipinski definition) is 3. The Hall–Kier alpha value is 0.120. The van der Waals surface area contributed by atoms with Crippen molar-refractivity contribution in [3.05, 3.63) is 0 Å². The molecule has 7 heteroatoms. The quantitative estimate of drug-likeness (QED) is 0.809. The molecule has 0 aromatic heterocycles. The van der Waals surface area contributed by atoms with Crippen LogP contribution in [0, 0.1) is 11.8 Å². The molecule has 0 spiro atoms. The van der Waals surface area contributed by atoms with E-state index in [1.54, 1.807) is 8.61 Å². The second-order valence-corrected chi connectivity index (χ2v) is 7.35. The van der Waals surface area contributed by atoms with Gasteiger partial charge >= 0.3 is 0 Å². The van der Waals surface area contributed by atoms with Crippen molar-refractivity contribution in [1.82, 2.24) is 13.9 Å². The molecule has 0 radical (unpaired) electrons. The number of rotatable bonds is 2. The average molecular weight is 298 g/mol. The van der Waals surface area contributed by atoms with E-state index in [0.717, 1.165) is 19.5 Å². The molecule has 2 heterocycles. The van der Waals surface area contributed by atoms with Crippen LogP contribution in [-0.4, -0.2) is 56.3 Å². The third-order valence-electron chi connectivity index (χ3n) is 3.56. The molecule has 0 saturated carbocycles. The maximum Gasteiger partial charge on any atom is 0.282 e. The number of piperazine rings is 1. The number of halogens is 1. The molecule has 0 bridgehead atoms. The Morgan fingerprint density at radius 2 is 1.50 bits per heavy atom. The molecule has 1 N–H and O–H groups in total. The highest BCUT2D eigenvalue weighted by Crippen LogP contribution is 2.24. The third kappa shape index (κ3) is 3.57. The lowest BCUT2D eigenvalue weighted by Crippen LogP contribution is -2.54. The maximum absolute atomic E-state index is 12.5. The first kappa shape index (κ1) is 16.2. The summed E-state index contributed by atoms with van der Waals surface area (Å²) in [5, 5.41) is 3.18. The highest BCUT2D eigenvalue weighted by atomic mass is 35.5. The van der Waals surface area contributed by atoms with E-state index in [1.165, 1.54) is 0 Å². The predicted octanol–water partition coefficient (Wildman–Crippen LogP) is 0.536. The van der Waals surface area contributed by atoms with Crippen molar-refractivity contribution in [2.75, 3.05) is 39.3 Å². The number of hydrogen-bond donors (Lipinski definition) is 1. The third-order valence-corrected chi connectivity index (χ3v) is 5.53. The Kier molecular flexibility index (Phi) is 5.86. The minimum absolute atomic E-state index is 0. The molecular formula is C11H24ClN3O2S. The van der Waals surface area contributed by atoms with Gasteiger partial charge in [0.25, 0.3) is 10.2 Å². The lowest BCUT2D eigenvalue weighted by atomic mass is 9.94. The van der Waals surface area contributed by atoms with Crippen LogP contribution < -0.4 is 5.32 Å². The Morgan fingerprint density at radius 3 is 2.00 bits per heavy atom. The maximum atomic E-state index is 12.5. The second-order valence-electron chi connectivity index (χ2n) is 5.42. The van der Waals surface area contributed by atoms with Crippen LogP contribution in [0.1, 0.15) is 20.3 Å². The van der Waals surface area contributed by atoms with Crippen LogP contribution in [0.5, 0.6) is 0 Å². The first-order valence-electron chi connectivity index (χ1n) is 6.46. The van der Waals surface area contributed by atoms with Crippen molar-refractivity contribution in [2.45, 2.75) is 20.3 Å². The summed E-state index contributed by atoms with van der Waals surface area (Å²) < 4.78 is 28.2. The van der Waals surface area contributed by atoms with E-state index >= 15 is 0 Å². The molecule has 2 atom stereocenters. The summed E-state index contributed by atoms with van der Waals surface area (Å²) in [4.78, 5) is 0. The molecule has 2 rings (SSSR count). The molecule has 0 aliphatic carbocycles. The van der Waals surface area contributed by atoms with Gasteiger partial charge in [-0.2, -0.15) is 17.0 Å². The van der Waals surface area contributed by atoms with Crippen molar-refractivity contribution >= 4 is 22.6 Å². The molecule has 2 unspecified atom stereocenters. The van der Waals surface area contributed by atoms with Crippen LogP contribution in [-0.2, 0) is 10.2 Å². The van der Waals surface area contributed by atoms with Crippen molar-refractivity contribution in [1.29, 1.82) is 0 Å². The monoisotopic (exact) mass is 297 g/mol. The summed E-state index contributed by atoms with van der Waals surface area (Å²) in [6, 6.07) is 0. The Balaban J connectivity index is 0.00000162. The number of nitrogens with zero attached hydrogens (tertiary/aromatic N) is 2. The lowest BCUT2D eigenvalue weighted by molar-refractivity contribution is 0.205. The fourth-order valence-corrected chi connectivity index (χ4v) is 4.69. The summed E-state index contributed by atoms with van der Waals surface area (Å²) in [7, 11) is -3.22. The van der Waals surface area contributed by atoms with E-state index in [0.29, 0.717) is 38.0 Å². The summed E-state index contributed by atoms with van der Waals surface area (Å²) in [5.74, 6) is 0.938. The predicted molar refractivity (Wildman–Crippen MR) is 75.1 cm³/mol. The smallest absolute Gasteiger partial charge is 0.282 e. The van der Waals surface area contributed by atoms with Crippen LogP contribution in [0.2, 0.25) is 0 Å². The fraction of sp³-hybridized carbons (Fsp3) is 1.00. The first-order chi connectivity index (χ1) is 8.00. The molecule has 2 aliphatic heterocycles. The van der Waals surface area contributed by atoms with E-state index in [1.807, 2.05) is 0 Å². The van der Waals surface area contributed by atoms with Gasteiger partial charge in [-0.1, -0.05) is 13.8 Å². The molecular weight excluding hydrogens is 274 g/mol. The summed E-state index contributed by atoms with van der Waals surface area (Å²) in [6.07, 6.45) is 1.13.